The van der Waals surface area contributed by atoms with Crippen molar-refractivity contribution in [3.8, 4) is 11.1 Å². The van der Waals surface area contributed by atoms with Gasteiger partial charge >= 0.3 is 6.18 Å². The molecule has 0 saturated heterocycles. The minimum Gasteiger partial charge on any atom is -0.349 e. The van der Waals surface area contributed by atoms with Crippen molar-refractivity contribution in [3.63, 3.8) is 0 Å². The molecule has 1 aliphatic rings. The molecule has 1 amide bonds. The number of aryl methyl sites for hydroxylation is 1. The summed E-state index contributed by atoms with van der Waals surface area (Å²) >= 11 is 0. The van der Waals surface area contributed by atoms with Gasteiger partial charge in [-0.1, -0.05) is 18.2 Å². The fourth-order valence-corrected chi connectivity index (χ4v) is 3.19. The van der Waals surface area contributed by atoms with Gasteiger partial charge in [0.1, 0.15) is 5.69 Å². The van der Waals surface area contributed by atoms with Crippen LogP contribution in [0.3, 0.4) is 0 Å². The van der Waals surface area contributed by atoms with Crippen molar-refractivity contribution in [3.05, 3.63) is 59.4 Å². The minimum atomic E-state index is -5.05. The molecule has 1 aromatic heterocycles. The number of carbonyl (C=O) groups is 1. The topological polar surface area (TPSA) is 54.9 Å². The van der Waals surface area contributed by atoms with Crippen molar-refractivity contribution in [2.45, 2.75) is 38.2 Å². The molecule has 0 bridgehead atoms. The number of aromatic nitrogens is 2. The van der Waals surface area contributed by atoms with Crippen LogP contribution >= 0.6 is 0 Å². The maximum absolute atomic E-state index is 13.8. The van der Waals surface area contributed by atoms with Crippen LogP contribution in [-0.2, 0) is 0 Å². The van der Waals surface area contributed by atoms with Crippen LogP contribution in [0.5, 0.6) is 0 Å². The lowest BCUT2D eigenvalue weighted by atomic mass is 9.95. The molecule has 4 rings (SSSR count). The first kappa shape index (κ1) is 19.3. The molecule has 1 aliphatic carbocycles. The predicted octanol–water partition coefficient (Wildman–Crippen LogP) is 5.07. The molecule has 150 valence electrons. The number of amides is 1. The molecule has 0 radical (unpaired) electrons. The first-order chi connectivity index (χ1) is 13.7. The summed E-state index contributed by atoms with van der Waals surface area (Å²) < 4.78 is 52.2. The third-order valence-corrected chi connectivity index (χ3v) is 4.94. The molecule has 1 atom stereocenters. The summed E-state index contributed by atoms with van der Waals surface area (Å²) in [6.45, 7) is 1.87. The van der Waals surface area contributed by atoms with E-state index in [1.807, 2.05) is 13.0 Å². The fraction of sp³-hybridized carbons (Fsp3) is 0.286. The molecule has 0 unspecified atom stereocenters. The molecule has 1 N–H and O–H groups in total. The van der Waals surface area contributed by atoms with E-state index in [-0.39, 0.29) is 17.3 Å². The summed E-state index contributed by atoms with van der Waals surface area (Å²) in [7, 11) is 0. The monoisotopic (exact) mass is 403 g/mol. The largest absolute Gasteiger partial charge is 0.425 e. The summed E-state index contributed by atoms with van der Waals surface area (Å²) in [5.74, 6) is -0.159. The Bertz CT molecular complexity index is 1090. The Morgan fingerprint density at radius 2 is 1.93 bits per heavy atom. The van der Waals surface area contributed by atoms with Gasteiger partial charge in [-0.3, -0.25) is 4.79 Å². The van der Waals surface area contributed by atoms with Crippen molar-refractivity contribution < 1.29 is 22.4 Å². The number of rotatable bonds is 4. The Hall–Kier alpha value is -3.03. The first-order valence-electron chi connectivity index (χ1n) is 9.12. The first-order valence-corrected chi connectivity index (χ1v) is 9.12. The van der Waals surface area contributed by atoms with Crippen LogP contribution in [0.2, 0.25) is 0 Å². The molecule has 1 fully saturated rings. The van der Waals surface area contributed by atoms with E-state index in [4.69, 9.17) is 0 Å². The summed E-state index contributed by atoms with van der Waals surface area (Å²) in [5, 5.41) is 10.2. The number of fused-ring (bicyclic) bond motifs is 1. The van der Waals surface area contributed by atoms with E-state index in [0.29, 0.717) is 16.5 Å². The van der Waals surface area contributed by atoms with Gasteiger partial charge in [0, 0.05) is 22.4 Å². The normalized spacial score (nSPS) is 15.3. The number of carbonyl (C=O) groups excluding carboxylic acids is 1. The Morgan fingerprint density at radius 3 is 2.62 bits per heavy atom. The van der Waals surface area contributed by atoms with E-state index in [1.165, 1.54) is 12.3 Å². The number of benzene rings is 2. The fourth-order valence-electron chi connectivity index (χ4n) is 3.19. The molecule has 1 saturated carbocycles. The summed E-state index contributed by atoms with van der Waals surface area (Å²) in [6, 6.07) is 10.2. The van der Waals surface area contributed by atoms with Crippen LogP contribution in [-0.4, -0.2) is 28.3 Å². The number of hydrogen-bond acceptors (Lipinski definition) is 3. The van der Waals surface area contributed by atoms with E-state index in [1.54, 1.807) is 24.3 Å². The van der Waals surface area contributed by atoms with Crippen molar-refractivity contribution in [1.82, 2.24) is 15.5 Å². The highest BCUT2D eigenvalue weighted by Gasteiger charge is 2.43. The SMILES string of the molecule is Cc1ccc(C(=O)NC2CC2)cc1-c1ccc2c([C@H](F)C(F)(F)F)nncc2c1. The minimum absolute atomic E-state index is 0.0499. The maximum atomic E-state index is 13.8. The maximum Gasteiger partial charge on any atom is 0.425 e. The molecular weight excluding hydrogens is 386 g/mol. The van der Waals surface area contributed by atoms with Crippen LogP contribution in [0.15, 0.2) is 42.6 Å². The number of halogens is 4. The van der Waals surface area contributed by atoms with Crippen LogP contribution in [0.1, 0.15) is 40.6 Å². The van der Waals surface area contributed by atoms with Crippen molar-refractivity contribution in [2.24, 2.45) is 0 Å². The zero-order valence-corrected chi connectivity index (χ0v) is 15.4. The molecule has 0 aliphatic heterocycles. The van der Waals surface area contributed by atoms with Crippen LogP contribution in [0.4, 0.5) is 17.6 Å². The standard InChI is InChI=1S/C21H17F4N3O/c1-11-2-3-13(20(29)27-15-5-6-15)9-17(11)12-4-7-16-14(8-12)10-26-28-18(16)19(22)21(23,24)25/h2-4,7-10,15,19H,5-6H2,1H3,(H,27,29)/t19-/m0/s1. The summed E-state index contributed by atoms with van der Waals surface area (Å²) in [6.07, 6.45) is -5.01. The van der Waals surface area contributed by atoms with Gasteiger partial charge < -0.3 is 5.32 Å². The van der Waals surface area contributed by atoms with Gasteiger partial charge in [-0.25, -0.2) is 4.39 Å². The van der Waals surface area contributed by atoms with Crippen molar-refractivity contribution in [1.29, 1.82) is 0 Å². The van der Waals surface area contributed by atoms with Gasteiger partial charge in [0.05, 0.1) is 6.20 Å². The highest BCUT2D eigenvalue weighted by atomic mass is 19.4. The average Bonchev–Trinajstić information content (AvgIpc) is 3.50. The molecule has 2 aromatic carbocycles. The van der Waals surface area contributed by atoms with Gasteiger partial charge in [-0.15, -0.1) is 0 Å². The average molecular weight is 403 g/mol. The molecule has 1 heterocycles. The number of nitrogens with one attached hydrogen (secondary N) is 1. The van der Waals surface area contributed by atoms with Gasteiger partial charge in [0.15, 0.2) is 0 Å². The molecule has 4 nitrogen and oxygen atoms in total. The van der Waals surface area contributed by atoms with E-state index in [2.05, 4.69) is 15.5 Å². The number of alkyl halides is 4. The van der Waals surface area contributed by atoms with Gasteiger partial charge in [0.2, 0.25) is 6.17 Å². The van der Waals surface area contributed by atoms with Gasteiger partial charge in [-0.2, -0.15) is 23.4 Å². The smallest absolute Gasteiger partial charge is 0.349 e. The second-order valence-corrected chi connectivity index (χ2v) is 7.21. The predicted molar refractivity (Wildman–Crippen MR) is 100 cm³/mol. The highest BCUT2D eigenvalue weighted by Crippen LogP contribution is 2.38. The zero-order valence-electron chi connectivity index (χ0n) is 15.4. The van der Waals surface area contributed by atoms with Crippen molar-refractivity contribution >= 4 is 16.7 Å². The molecule has 29 heavy (non-hydrogen) atoms. The van der Waals surface area contributed by atoms with E-state index < -0.39 is 18.0 Å². The van der Waals surface area contributed by atoms with E-state index in [0.717, 1.165) is 24.0 Å². The van der Waals surface area contributed by atoms with Gasteiger partial charge in [0.25, 0.3) is 5.91 Å². The van der Waals surface area contributed by atoms with E-state index in [9.17, 15) is 22.4 Å². The highest BCUT2D eigenvalue weighted by molar-refractivity contribution is 5.97. The molecule has 3 aromatic rings. The second-order valence-electron chi connectivity index (χ2n) is 7.21. The van der Waals surface area contributed by atoms with Crippen LogP contribution in [0, 0.1) is 6.92 Å². The second kappa shape index (κ2) is 7.09. The van der Waals surface area contributed by atoms with Gasteiger partial charge in [-0.05, 0) is 54.7 Å². The lowest BCUT2D eigenvalue weighted by Gasteiger charge is -2.14. The molecular formula is C21H17F4N3O. The van der Waals surface area contributed by atoms with Crippen LogP contribution < -0.4 is 5.32 Å². The summed E-state index contributed by atoms with van der Waals surface area (Å²) in [4.78, 5) is 12.3. The lowest BCUT2D eigenvalue weighted by Crippen LogP contribution is -2.25. The molecule has 8 heteroatoms. The molecule has 0 spiro atoms. The Morgan fingerprint density at radius 1 is 1.17 bits per heavy atom. The Kier molecular flexibility index (Phi) is 4.72. The zero-order chi connectivity index (χ0) is 20.8. The third-order valence-electron chi connectivity index (χ3n) is 4.94. The number of nitrogens with zero attached hydrogens (tertiary/aromatic N) is 2. The number of hydrogen-bond donors (Lipinski definition) is 1. The van der Waals surface area contributed by atoms with Crippen molar-refractivity contribution in [2.75, 3.05) is 0 Å². The van der Waals surface area contributed by atoms with Crippen LogP contribution in [0.25, 0.3) is 21.9 Å². The Labute approximate surface area is 164 Å². The summed E-state index contributed by atoms with van der Waals surface area (Å²) in [5.41, 5.74) is 2.11. The third kappa shape index (κ3) is 3.92. The lowest BCUT2D eigenvalue weighted by molar-refractivity contribution is -0.183. The van der Waals surface area contributed by atoms with E-state index >= 15 is 0 Å². The Balaban J connectivity index is 1.74. The quantitative estimate of drug-likeness (QED) is 0.619.